The zero-order valence-electron chi connectivity index (χ0n) is 12.8. The van der Waals surface area contributed by atoms with Gasteiger partial charge in [-0.2, -0.15) is 0 Å². The molecule has 1 N–H and O–H groups in total. The van der Waals surface area contributed by atoms with Gasteiger partial charge in [-0.25, -0.2) is 0 Å². The largest absolute Gasteiger partial charge is 0.350 e. The van der Waals surface area contributed by atoms with Crippen LogP contribution in [0.3, 0.4) is 0 Å². The van der Waals surface area contributed by atoms with Gasteiger partial charge in [-0.3, -0.25) is 9.69 Å². The predicted molar refractivity (Wildman–Crippen MR) is 89.5 cm³/mol. The van der Waals surface area contributed by atoms with E-state index in [9.17, 15) is 4.79 Å². The highest BCUT2D eigenvalue weighted by Crippen LogP contribution is 2.25. The summed E-state index contributed by atoms with van der Waals surface area (Å²) in [5.41, 5.74) is 2.23. The van der Waals surface area contributed by atoms with Crippen LogP contribution in [-0.2, 0) is 19.4 Å². The number of nitrogens with zero attached hydrogens (tertiary/aromatic N) is 3. The van der Waals surface area contributed by atoms with Gasteiger partial charge >= 0.3 is 0 Å². The molecule has 0 radical (unpaired) electrons. The van der Waals surface area contributed by atoms with E-state index in [2.05, 4.69) is 38.2 Å². The molecule has 22 heavy (non-hydrogen) atoms. The van der Waals surface area contributed by atoms with Crippen molar-refractivity contribution < 1.29 is 4.79 Å². The van der Waals surface area contributed by atoms with Crippen LogP contribution in [0.5, 0.6) is 0 Å². The Balaban J connectivity index is 1.54. The minimum Gasteiger partial charge on any atom is -0.350 e. The third kappa shape index (κ3) is 3.21. The van der Waals surface area contributed by atoms with Crippen LogP contribution in [0.4, 0.5) is 0 Å². The van der Waals surface area contributed by atoms with E-state index >= 15 is 0 Å². The second-order valence-corrected chi connectivity index (χ2v) is 7.31. The average Bonchev–Trinajstić information content (AvgIpc) is 3.19. The van der Waals surface area contributed by atoms with Crippen molar-refractivity contribution in [2.24, 2.45) is 0 Å². The van der Waals surface area contributed by atoms with Crippen LogP contribution in [0, 0.1) is 0 Å². The highest BCUT2D eigenvalue weighted by molar-refractivity contribution is 7.10. The first-order chi connectivity index (χ1) is 10.7. The molecule has 3 rings (SSSR count). The number of thiophene rings is 1. The minimum absolute atomic E-state index is 0.0491. The van der Waals surface area contributed by atoms with Crippen LogP contribution in [0.2, 0.25) is 0 Å². The molecule has 3 heterocycles. The molecule has 2 aromatic rings. The quantitative estimate of drug-likeness (QED) is 0.910. The molecule has 0 saturated carbocycles. The Hall–Kier alpha value is -1.31. The van der Waals surface area contributed by atoms with Gasteiger partial charge in [0.2, 0.25) is 0 Å². The van der Waals surface area contributed by atoms with Gasteiger partial charge in [0.1, 0.15) is 4.88 Å². The minimum atomic E-state index is -0.0491. The number of aromatic nitrogens is 2. The molecule has 2 aromatic heterocycles. The third-order valence-corrected chi connectivity index (χ3v) is 5.91. The monoisotopic (exact) mass is 336 g/mol. The number of fused-ring (bicyclic) bond motifs is 1. The smallest absolute Gasteiger partial charge is 0.265 e. The second-order valence-electron chi connectivity index (χ2n) is 5.55. The maximum absolute atomic E-state index is 12.2. The van der Waals surface area contributed by atoms with Crippen LogP contribution >= 0.6 is 22.9 Å². The van der Waals surface area contributed by atoms with Crippen LogP contribution in [0.25, 0.3) is 0 Å². The van der Waals surface area contributed by atoms with E-state index in [1.165, 1.54) is 22.0 Å². The van der Waals surface area contributed by atoms with Gasteiger partial charge in [0, 0.05) is 30.6 Å². The summed E-state index contributed by atoms with van der Waals surface area (Å²) in [4.78, 5) is 16.8. The zero-order chi connectivity index (χ0) is 15.5. The van der Waals surface area contributed by atoms with Gasteiger partial charge in [0.15, 0.2) is 0 Å². The average molecular weight is 336 g/mol. The van der Waals surface area contributed by atoms with Crippen molar-refractivity contribution in [2.75, 3.05) is 13.1 Å². The number of aryl methyl sites for hydroxylation is 1. The molecule has 0 aromatic carbocycles. The molecular formula is C15H20N4OS2. The van der Waals surface area contributed by atoms with Crippen LogP contribution in [-0.4, -0.2) is 39.5 Å². The van der Waals surface area contributed by atoms with Crippen LogP contribution < -0.4 is 5.32 Å². The van der Waals surface area contributed by atoms with Crippen molar-refractivity contribution in [1.29, 1.82) is 0 Å². The van der Waals surface area contributed by atoms with Crippen LogP contribution in [0.15, 0.2) is 11.4 Å². The molecule has 0 bridgehead atoms. The fourth-order valence-corrected chi connectivity index (χ4v) is 4.27. The van der Waals surface area contributed by atoms with Crippen molar-refractivity contribution in [3.05, 3.63) is 32.5 Å². The molecule has 118 valence electrons. The first-order valence-electron chi connectivity index (χ1n) is 7.57. The van der Waals surface area contributed by atoms with Gasteiger partial charge < -0.3 is 5.32 Å². The topological polar surface area (TPSA) is 58.1 Å². The lowest BCUT2D eigenvalue weighted by molar-refractivity contribution is 0.0935. The molecule has 7 heteroatoms. The predicted octanol–water partition coefficient (Wildman–Crippen LogP) is 2.34. The van der Waals surface area contributed by atoms with Gasteiger partial charge in [0.25, 0.3) is 5.91 Å². The van der Waals surface area contributed by atoms with Gasteiger partial charge in [-0.15, -0.1) is 16.4 Å². The Morgan fingerprint density at radius 3 is 3.23 bits per heavy atom. The third-order valence-electron chi connectivity index (χ3n) is 4.12. The molecule has 0 fully saturated rings. The van der Waals surface area contributed by atoms with E-state index in [0.29, 0.717) is 17.5 Å². The molecule has 0 aliphatic carbocycles. The highest BCUT2D eigenvalue weighted by Gasteiger charge is 2.22. The number of amides is 1. The molecule has 1 unspecified atom stereocenters. The molecule has 1 atom stereocenters. The Bertz CT molecular complexity index is 652. The fraction of sp³-hybridized carbons (Fsp3) is 0.533. The van der Waals surface area contributed by atoms with Crippen molar-refractivity contribution in [1.82, 2.24) is 19.8 Å². The Morgan fingerprint density at radius 1 is 1.55 bits per heavy atom. The van der Waals surface area contributed by atoms with Gasteiger partial charge in [0.05, 0.1) is 5.69 Å². The van der Waals surface area contributed by atoms with Crippen molar-refractivity contribution >= 4 is 28.8 Å². The van der Waals surface area contributed by atoms with E-state index in [1.807, 2.05) is 18.3 Å². The lowest BCUT2D eigenvalue weighted by Crippen LogP contribution is -2.44. The standard InChI is InChI=1S/C15H20N4OS2/c1-3-12-14(22-18-17-12)15(20)16-8-10(2)19-6-4-13-11(9-19)5-7-21-13/h5,7,10H,3-4,6,8-9H2,1-2H3,(H,16,20). The molecule has 0 saturated heterocycles. The number of carbonyl (C=O) groups excluding carboxylic acids is 1. The molecular weight excluding hydrogens is 316 g/mol. The highest BCUT2D eigenvalue weighted by atomic mass is 32.1. The lowest BCUT2D eigenvalue weighted by Gasteiger charge is -2.32. The normalized spacial score (nSPS) is 16.3. The summed E-state index contributed by atoms with van der Waals surface area (Å²) in [6.07, 6.45) is 1.85. The lowest BCUT2D eigenvalue weighted by atomic mass is 10.1. The van der Waals surface area contributed by atoms with Crippen molar-refractivity contribution in [2.45, 2.75) is 39.3 Å². The van der Waals surface area contributed by atoms with Gasteiger partial charge in [-0.1, -0.05) is 11.4 Å². The fourth-order valence-electron chi connectivity index (χ4n) is 2.71. The van der Waals surface area contributed by atoms with Crippen molar-refractivity contribution in [3.8, 4) is 0 Å². The summed E-state index contributed by atoms with van der Waals surface area (Å²) < 4.78 is 3.87. The zero-order valence-corrected chi connectivity index (χ0v) is 14.5. The number of hydrogen-bond acceptors (Lipinski definition) is 6. The summed E-state index contributed by atoms with van der Waals surface area (Å²) in [5.74, 6) is -0.0491. The van der Waals surface area contributed by atoms with Crippen molar-refractivity contribution in [3.63, 3.8) is 0 Å². The maximum atomic E-state index is 12.2. The van der Waals surface area contributed by atoms with E-state index in [4.69, 9.17) is 0 Å². The summed E-state index contributed by atoms with van der Waals surface area (Å²) >= 11 is 3.03. The van der Waals surface area contributed by atoms with Gasteiger partial charge in [-0.05, 0) is 48.3 Å². The first-order valence-corrected chi connectivity index (χ1v) is 9.23. The molecule has 1 amide bonds. The SMILES string of the molecule is CCc1nnsc1C(=O)NCC(C)N1CCc2sccc2C1. The number of nitrogens with one attached hydrogen (secondary N) is 1. The Morgan fingerprint density at radius 2 is 2.41 bits per heavy atom. The Labute approximate surface area is 138 Å². The Kier molecular flexibility index (Phi) is 4.85. The van der Waals surface area contributed by atoms with E-state index in [-0.39, 0.29) is 5.91 Å². The van der Waals surface area contributed by atoms with E-state index < -0.39 is 0 Å². The number of carbonyl (C=O) groups is 1. The summed E-state index contributed by atoms with van der Waals surface area (Å²) in [6.45, 7) is 6.86. The van der Waals surface area contributed by atoms with E-state index in [1.54, 1.807) is 0 Å². The van der Waals surface area contributed by atoms with Crippen LogP contribution in [0.1, 0.15) is 39.7 Å². The maximum Gasteiger partial charge on any atom is 0.265 e. The molecule has 1 aliphatic rings. The molecule has 1 aliphatic heterocycles. The second kappa shape index (κ2) is 6.85. The van der Waals surface area contributed by atoms with E-state index in [0.717, 1.165) is 31.6 Å². The summed E-state index contributed by atoms with van der Waals surface area (Å²) in [7, 11) is 0. The summed E-state index contributed by atoms with van der Waals surface area (Å²) in [5, 5.41) is 9.19. The first kappa shape index (κ1) is 15.6. The number of rotatable bonds is 5. The molecule has 0 spiro atoms. The number of hydrogen-bond donors (Lipinski definition) is 1. The molecule has 5 nitrogen and oxygen atoms in total. The summed E-state index contributed by atoms with van der Waals surface area (Å²) in [6, 6.07) is 2.54.